The van der Waals surface area contributed by atoms with Crippen LogP contribution in [0.5, 0.6) is 0 Å². The number of hydrogen-bond donors (Lipinski definition) is 0. The second-order valence-corrected chi connectivity index (χ2v) is 8.88. The van der Waals surface area contributed by atoms with E-state index in [0.717, 1.165) is 41.8 Å². The first-order chi connectivity index (χ1) is 14.6. The van der Waals surface area contributed by atoms with Crippen molar-refractivity contribution in [1.82, 2.24) is 14.8 Å². The summed E-state index contributed by atoms with van der Waals surface area (Å²) in [6.07, 6.45) is 5.34. The molecule has 0 atom stereocenters. The molecule has 158 valence electrons. The molecule has 3 amide bonds. The van der Waals surface area contributed by atoms with Crippen LogP contribution < -0.4 is 4.90 Å². The zero-order valence-electron chi connectivity index (χ0n) is 17.0. The van der Waals surface area contributed by atoms with Gasteiger partial charge in [-0.3, -0.25) is 9.78 Å². The first-order valence-electron chi connectivity index (χ1n) is 10.6. The van der Waals surface area contributed by atoms with Crippen LogP contribution in [0.2, 0.25) is 0 Å². The molecule has 2 fully saturated rings. The number of nitrogens with zero attached hydrogens (tertiary/aromatic N) is 4. The first kappa shape index (κ1) is 20.8. The van der Waals surface area contributed by atoms with Gasteiger partial charge in [-0.1, -0.05) is 22.0 Å². The van der Waals surface area contributed by atoms with Gasteiger partial charge < -0.3 is 14.7 Å². The van der Waals surface area contributed by atoms with Gasteiger partial charge in [0.25, 0.3) is 0 Å². The van der Waals surface area contributed by atoms with Crippen LogP contribution in [0.1, 0.15) is 31.4 Å². The largest absolute Gasteiger partial charge is 0.325 e. The van der Waals surface area contributed by atoms with Gasteiger partial charge >= 0.3 is 6.03 Å². The van der Waals surface area contributed by atoms with Gasteiger partial charge in [-0.25, -0.2) is 4.79 Å². The molecule has 0 unspecified atom stereocenters. The number of hydrogen-bond acceptors (Lipinski definition) is 3. The second-order valence-electron chi connectivity index (χ2n) is 7.96. The van der Waals surface area contributed by atoms with Gasteiger partial charge in [-0.2, -0.15) is 0 Å². The lowest BCUT2D eigenvalue weighted by Crippen LogP contribution is -2.48. The number of halogens is 1. The Kier molecular flexibility index (Phi) is 6.67. The molecule has 30 heavy (non-hydrogen) atoms. The predicted octanol–water partition coefficient (Wildman–Crippen LogP) is 4.31. The standard InChI is InChI=1S/C23H27BrN4O2/c24-19-6-8-21(9-7-19)28(17-20-5-1-2-12-25-20)22(29)18-10-15-27(16-11-18)23(30)26-13-3-4-14-26/h1-2,5-9,12,18H,3-4,10-11,13-17H2. The van der Waals surface area contributed by atoms with Crippen LogP contribution in [0.3, 0.4) is 0 Å². The monoisotopic (exact) mass is 470 g/mol. The normalized spacial score (nSPS) is 17.2. The summed E-state index contributed by atoms with van der Waals surface area (Å²) in [5.41, 5.74) is 1.72. The second kappa shape index (κ2) is 9.60. The maximum Gasteiger partial charge on any atom is 0.319 e. The van der Waals surface area contributed by atoms with Crippen molar-refractivity contribution in [2.45, 2.75) is 32.2 Å². The Balaban J connectivity index is 1.45. The molecule has 1 aromatic carbocycles. The molecule has 0 saturated carbocycles. The minimum atomic E-state index is -0.0833. The number of likely N-dealkylation sites (tertiary alicyclic amines) is 2. The van der Waals surface area contributed by atoms with Crippen LogP contribution in [0.4, 0.5) is 10.5 Å². The van der Waals surface area contributed by atoms with Crippen LogP contribution in [0.15, 0.2) is 53.1 Å². The van der Waals surface area contributed by atoms with Gasteiger partial charge in [0.15, 0.2) is 0 Å². The van der Waals surface area contributed by atoms with E-state index in [9.17, 15) is 9.59 Å². The number of carbonyl (C=O) groups excluding carboxylic acids is 2. The van der Waals surface area contributed by atoms with E-state index in [4.69, 9.17) is 0 Å². The zero-order valence-corrected chi connectivity index (χ0v) is 18.6. The fourth-order valence-electron chi connectivity index (χ4n) is 4.22. The highest BCUT2D eigenvalue weighted by atomic mass is 79.9. The van der Waals surface area contributed by atoms with Crippen LogP contribution in [-0.2, 0) is 11.3 Å². The Labute approximate surface area is 186 Å². The SMILES string of the molecule is O=C(N1CCCC1)N1CCC(C(=O)N(Cc2ccccn2)c2ccc(Br)cc2)CC1. The molecule has 0 radical (unpaired) electrons. The van der Waals surface area contributed by atoms with Crippen molar-refractivity contribution in [1.29, 1.82) is 0 Å². The lowest BCUT2D eigenvalue weighted by Gasteiger charge is -2.36. The summed E-state index contributed by atoms with van der Waals surface area (Å²) < 4.78 is 0.977. The van der Waals surface area contributed by atoms with E-state index in [1.54, 1.807) is 6.20 Å². The highest BCUT2D eigenvalue weighted by Crippen LogP contribution is 2.27. The van der Waals surface area contributed by atoms with E-state index in [0.29, 0.717) is 32.5 Å². The Morgan fingerprint density at radius 2 is 1.63 bits per heavy atom. The molecule has 7 heteroatoms. The van der Waals surface area contributed by atoms with Crippen LogP contribution in [0.25, 0.3) is 0 Å². The lowest BCUT2D eigenvalue weighted by molar-refractivity contribution is -0.123. The third-order valence-electron chi connectivity index (χ3n) is 5.94. The van der Waals surface area contributed by atoms with E-state index in [-0.39, 0.29) is 17.9 Å². The minimum Gasteiger partial charge on any atom is -0.325 e. The molecule has 0 N–H and O–H groups in total. The molecular weight excluding hydrogens is 444 g/mol. The van der Waals surface area contributed by atoms with Crippen LogP contribution >= 0.6 is 15.9 Å². The maximum atomic E-state index is 13.5. The van der Waals surface area contributed by atoms with Crippen molar-refractivity contribution in [3.63, 3.8) is 0 Å². The molecule has 0 bridgehead atoms. The van der Waals surface area contributed by atoms with Gasteiger partial charge in [0.2, 0.25) is 5.91 Å². The molecule has 3 heterocycles. The third-order valence-corrected chi connectivity index (χ3v) is 6.47. The Bertz CT molecular complexity index is 861. The Morgan fingerprint density at radius 3 is 2.27 bits per heavy atom. The number of benzene rings is 1. The Morgan fingerprint density at radius 1 is 0.967 bits per heavy atom. The molecular formula is C23H27BrN4O2. The van der Waals surface area contributed by atoms with Gasteiger partial charge in [-0.05, 0) is 62.1 Å². The highest BCUT2D eigenvalue weighted by Gasteiger charge is 2.33. The van der Waals surface area contributed by atoms with Crippen molar-refractivity contribution in [3.8, 4) is 0 Å². The molecule has 2 aliphatic heterocycles. The number of urea groups is 1. The van der Waals surface area contributed by atoms with Crippen molar-refractivity contribution in [3.05, 3.63) is 58.8 Å². The number of rotatable bonds is 4. The maximum absolute atomic E-state index is 13.5. The Hall–Kier alpha value is -2.41. The topological polar surface area (TPSA) is 56.8 Å². The predicted molar refractivity (Wildman–Crippen MR) is 120 cm³/mol. The van der Waals surface area contributed by atoms with Crippen molar-refractivity contribution in [2.24, 2.45) is 5.92 Å². The highest BCUT2D eigenvalue weighted by molar-refractivity contribution is 9.10. The summed E-state index contributed by atoms with van der Waals surface area (Å²) >= 11 is 3.47. The summed E-state index contributed by atoms with van der Waals surface area (Å²) in [4.78, 5) is 36.2. The van der Waals surface area contributed by atoms with E-state index in [2.05, 4.69) is 20.9 Å². The van der Waals surface area contributed by atoms with Gasteiger partial charge in [0.1, 0.15) is 0 Å². The van der Waals surface area contributed by atoms with Crippen LogP contribution in [0, 0.1) is 5.92 Å². The molecule has 1 aromatic heterocycles. The number of piperidine rings is 1. The molecule has 2 aromatic rings. The third kappa shape index (κ3) is 4.83. The quantitative estimate of drug-likeness (QED) is 0.668. The van der Waals surface area contributed by atoms with E-state index < -0.39 is 0 Å². The summed E-state index contributed by atoms with van der Waals surface area (Å²) in [7, 11) is 0. The molecule has 0 aliphatic carbocycles. The molecule has 2 saturated heterocycles. The number of pyridine rings is 1. The van der Waals surface area contributed by atoms with Crippen LogP contribution in [-0.4, -0.2) is 52.9 Å². The first-order valence-corrected chi connectivity index (χ1v) is 11.4. The van der Waals surface area contributed by atoms with E-state index in [1.807, 2.05) is 57.2 Å². The fourth-order valence-corrected chi connectivity index (χ4v) is 4.48. The molecule has 4 rings (SSSR count). The number of anilines is 1. The van der Waals surface area contributed by atoms with Gasteiger partial charge in [-0.15, -0.1) is 0 Å². The summed E-state index contributed by atoms with van der Waals surface area (Å²) in [6, 6.07) is 13.7. The number of carbonyl (C=O) groups is 2. The molecule has 6 nitrogen and oxygen atoms in total. The average molecular weight is 471 g/mol. The van der Waals surface area contributed by atoms with Gasteiger partial charge in [0.05, 0.1) is 12.2 Å². The van der Waals surface area contributed by atoms with Crippen molar-refractivity contribution < 1.29 is 9.59 Å². The lowest BCUT2D eigenvalue weighted by atomic mass is 9.95. The smallest absolute Gasteiger partial charge is 0.319 e. The zero-order chi connectivity index (χ0) is 20.9. The van der Waals surface area contributed by atoms with Crippen molar-refractivity contribution in [2.75, 3.05) is 31.1 Å². The summed E-state index contributed by atoms with van der Waals surface area (Å²) in [5.74, 6) is 0.0243. The molecule has 2 aliphatic rings. The van der Waals surface area contributed by atoms with E-state index >= 15 is 0 Å². The fraction of sp³-hybridized carbons (Fsp3) is 0.435. The molecule has 0 spiro atoms. The summed E-state index contributed by atoms with van der Waals surface area (Å²) in [6.45, 7) is 3.44. The van der Waals surface area contributed by atoms with Gasteiger partial charge in [0, 0.05) is 48.5 Å². The summed E-state index contributed by atoms with van der Waals surface area (Å²) in [5, 5.41) is 0. The van der Waals surface area contributed by atoms with Crippen molar-refractivity contribution >= 4 is 33.6 Å². The number of amides is 3. The number of aromatic nitrogens is 1. The van der Waals surface area contributed by atoms with E-state index in [1.165, 1.54) is 0 Å². The minimum absolute atomic E-state index is 0.0833. The average Bonchev–Trinajstić information content (AvgIpc) is 3.33.